The van der Waals surface area contributed by atoms with Crippen molar-refractivity contribution in [3.63, 3.8) is 0 Å². The van der Waals surface area contributed by atoms with Crippen LogP contribution in [0.4, 0.5) is 5.82 Å². The van der Waals surface area contributed by atoms with Crippen LogP contribution in [0, 0.1) is 11.3 Å². The van der Waals surface area contributed by atoms with Gasteiger partial charge in [0.2, 0.25) is 5.91 Å². The van der Waals surface area contributed by atoms with Gasteiger partial charge >= 0.3 is 0 Å². The maximum Gasteiger partial charge on any atom is 0.229 e. The molecule has 0 spiro atoms. The molecule has 0 saturated heterocycles. The molecule has 0 amide bonds. The molecule has 15 heavy (non-hydrogen) atoms. The van der Waals surface area contributed by atoms with Gasteiger partial charge in [0.15, 0.2) is 0 Å². The van der Waals surface area contributed by atoms with Gasteiger partial charge in [-0.15, -0.1) is 0 Å². The number of carbonyl (C=O) groups is 1. The lowest BCUT2D eigenvalue weighted by molar-refractivity contribution is 0.0936. The summed E-state index contributed by atoms with van der Waals surface area (Å²) in [7, 11) is 0. The van der Waals surface area contributed by atoms with Crippen molar-refractivity contribution in [3.8, 4) is 6.07 Å². The SMILES string of the molecule is CC(=O)n1c(N)c(C#N)c2c1CCCC2. The molecule has 0 atom stereocenters. The summed E-state index contributed by atoms with van der Waals surface area (Å²) in [5, 5.41) is 9.01. The van der Waals surface area contributed by atoms with Gasteiger partial charge in [-0.25, -0.2) is 0 Å². The zero-order valence-corrected chi connectivity index (χ0v) is 8.71. The molecule has 2 rings (SSSR count). The molecule has 1 heterocycles. The van der Waals surface area contributed by atoms with Crippen molar-refractivity contribution < 1.29 is 4.79 Å². The minimum absolute atomic E-state index is 0.104. The standard InChI is InChI=1S/C11H13N3O/c1-7(15)14-10-5-3-2-4-8(10)9(6-12)11(14)13/h2-5,13H2,1H3. The predicted molar refractivity (Wildman–Crippen MR) is 56.5 cm³/mol. The molecule has 0 unspecified atom stereocenters. The molecule has 1 aromatic heterocycles. The fourth-order valence-electron chi connectivity index (χ4n) is 2.30. The Morgan fingerprint density at radius 1 is 1.47 bits per heavy atom. The zero-order chi connectivity index (χ0) is 11.0. The minimum atomic E-state index is -0.104. The van der Waals surface area contributed by atoms with E-state index in [1.165, 1.54) is 11.5 Å². The fraction of sp³-hybridized carbons (Fsp3) is 0.455. The van der Waals surface area contributed by atoms with Crippen molar-refractivity contribution in [3.05, 3.63) is 16.8 Å². The van der Waals surface area contributed by atoms with E-state index in [0.717, 1.165) is 36.9 Å². The van der Waals surface area contributed by atoms with Crippen molar-refractivity contribution in [1.82, 2.24) is 4.57 Å². The van der Waals surface area contributed by atoms with E-state index in [2.05, 4.69) is 6.07 Å². The van der Waals surface area contributed by atoms with Crippen LogP contribution in [0.3, 0.4) is 0 Å². The van der Waals surface area contributed by atoms with Gasteiger partial charge in [0.05, 0.1) is 5.56 Å². The van der Waals surface area contributed by atoms with Gasteiger partial charge in [-0.2, -0.15) is 5.26 Å². The second kappa shape index (κ2) is 3.43. The van der Waals surface area contributed by atoms with Crippen molar-refractivity contribution in [1.29, 1.82) is 5.26 Å². The van der Waals surface area contributed by atoms with Gasteiger partial charge in [-0.1, -0.05) is 0 Å². The molecule has 0 fully saturated rings. The number of anilines is 1. The van der Waals surface area contributed by atoms with E-state index < -0.39 is 0 Å². The second-order valence-corrected chi connectivity index (χ2v) is 3.86. The number of hydrogen-bond acceptors (Lipinski definition) is 3. The monoisotopic (exact) mass is 203 g/mol. The number of nitrogen functional groups attached to an aromatic ring is 1. The average Bonchev–Trinajstić information content (AvgIpc) is 2.49. The third-order valence-corrected chi connectivity index (χ3v) is 2.93. The van der Waals surface area contributed by atoms with E-state index in [1.54, 1.807) is 0 Å². The predicted octanol–water partition coefficient (Wildman–Crippen LogP) is 1.48. The first-order valence-corrected chi connectivity index (χ1v) is 5.09. The van der Waals surface area contributed by atoms with Crippen molar-refractivity contribution in [2.24, 2.45) is 0 Å². The number of rotatable bonds is 0. The number of hydrogen-bond donors (Lipinski definition) is 1. The maximum atomic E-state index is 11.4. The Balaban J connectivity index is 2.71. The summed E-state index contributed by atoms with van der Waals surface area (Å²) in [6, 6.07) is 2.10. The number of fused-ring (bicyclic) bond motifs is 1. The van der Waals surface area contributed by atoms with Crippen LogP contribution in [0.2, 0.25) is 0 Å². The molecule has 2 N–H and O–H groups in total. The largest absolute Gasteiger partial charge is 0.384 e. The highest BCUT2D eigenvalue weighted by atomic mass is 16.1. The molecule has 0 bridgehead atoms. The van der Waals surface area contributed by atoms with Crippen molar-refractivity contribution in [2.45, 2.75) is 32.6 Å². The summed E-state index contributed by atoms with van der Waals surface area (Å²) in [5.74, 6) is 0.212. The lowest BCUT2D eigenvalue weighted by Crippen LogP contribution is -2.14. The summed E-state index contributed by atoms with van der Waals surface area (Å²) in [6.45, 7) is 1.48. The Kier molecular flexibility index (Phi) is 2.24. The molecule has 0 saturated carbocycles. The summed E-state index contributed by atoms with van der Waals surface area (Å²) in [6.07, 6.45) is 3.85. The molecule has 78 valence electrons. The smallest absolute Gasteiger partial charge is 0.229 e. The molecule has 1 aliphatic rings. The van der Waals surface area contributed by atoms with Gasteiger partial charge < -0.3 is 5.73 Å². The molecule has 1 aliphatic carbocycles. The molecular formula is C11H13N3O. The van der Waals surface area contributed by atoms with E-state index in [9.17, 15) is 4.79 Å². The van der Waals surface area contributed by atoms with Crippen molar-refractivity contribution >= 4 is 11.7 Å². The quantitative estimate of drug-likeness (QED) is 0.694. The Labute approximate surface area is 88.3 Å². The third-order valence-electron chi connectivity index (χ3n) is 2.93. The Morgan fingerprint density at radius 3 is 2.73 bits per heavy atom. The lowest BCUT2D eigenvalue weighted by atomic mass is 9.95. The van der Waals surface area contributed by atoms with Crippen LogP contribution < -0.4 is 5.73 Å². The van der Waals surface area contributed by atoms with Crippen LogP contribution >= 0.6 is 0 Å². The van der Waals surface area contributed by atoms with Crippen LogP contribution in [-0.2, 0) is 12.8 Å². The maximum absolute atomic E-state index is 11.4. The van der Waals surface area contributed by atoms with Gasteiger partial charge in [0, 0.05) is 12.6 Å². The first kappa shape index (κ1) is 9.78. The van der Waals surface area contributed by atoms with E-state index in [0.29, 0.717) is 11.4 Å². The number of carbonyl (C=O) groups excluding carboxylic acids is 1. The molecule has 4 heteroatoms. The van der Waals surface area contributed by atoms with Crippen LogP contribution in [0.1, 0.15) is 41.4 Å². The molecule has 1 aromatic rings. The average molecular weight is 203 g/mol. The van der Waals surface area contributed by atoms with Crippen LogP contribution in [0.5, 0.6) is 0 Å². The highest BCUT2D eigenvalue weighted by Gasteiger charge is 2.24. The highest BCUT2D eigenvalue weighted by molar-refractivity contribution is 5.83. The summed E-state index contributed by atoms with van der Waals surface area (Å²) in [5.41, 5.74) is 8.24. The number of aromatic nitrogens is 1. The lowest BCUT2D eigenvalue weighted by Gasteiger charge is -2.13. The minimum Gasteiger partial charge on any atom is -0.384 e. The zero-order valence-electron chi connectivity index (χ0n) is 8.71. The van der Waals surface area contributed by atoms with Gasteiger partial charge in [0.25, 0.3) is 0 Å². The highest BCUT2D eigenvalue weighted by Crippen LogP contribution is 2.30. The number of nitrogens with two attached hydrogens (primary N) is 1. The summed E-state index contributed by atoms with van der Waals surface area (Å²) < 4.78 is 1.49. The molecule has 4 nitrogen and oxygen atoms in total. The second-order valence-electron chi connectivity index (χ2n) is 3.86. The Bertz CT molecular complexity index is 465. The van der Waals surface area contributed by atoms with E-state index in [4.69, 9.17) is 11.0 Å². The first-order chi connectivity index (χ1) is 7.16. The van der Waals surface area contributed by atoms with Crippen LogP contribution in [0.15, 0.2) is 0 Å². The third kappa shape index (κ3) is 1.32. The Hall–Kier alpha value is -1.76. The molecule has 0 aliphatic heterocycles. The first-order valence-electron chi connectivity index (χ1n) is 5.09. The fourth-order valence-corrected chi connectivity index (χ4v) is 2.30. The number of nitriles is 1. The molecular weight excluding hydrogens is 190 g/mol. The van der Waals surface area contributed by atoms with Gasteiger partial charge in [-0.05, 0) is 31.2 Å². The van der Waals surface area contributed by atoms with Crippen LogP contribution in [0.25, 0.3) is 0 Å². The Morgan fingerprint density at radius 2 is 2.13 bits per heavy atom. The van der Waals surface area contributed by atoms with E-state index in [-0.39, 0.29) is 5.91 Å². The summed E-state index contributed by atoms with van der Waals surface area (Å²) >= 11 is 0. The normalized spacial score (nSPS) is 14.4. The van der Waals surface area contributed by atoms with Crippen LogP contribution in [-0.4, -0.2) is 10.5 Å². The molecule has 0 radical (unpaired) electrons. The number of nitrogens with zero attached hydrogens (tertiary/aromatic N) is 2. The van der Waals surface area contributed by atoms with Crippen molar-refractivity contribution in [2.75, 3.05) is 5.73 Å². The van der Waals surface area contributed by atoms with Gasteiger partial charge in [-0.3, -0.25) is 9.36 Å². The summed E-state index contributed by atoms with van der Waals surface area (Å²) in [4.78, 5) is 11.4. The van der Waals surface area contributed by atoms with Gasteiger partial charge in [0.1, 0.15) is 11.9 Å². The van der Waals surface area contributed by atoms with E-state index in [1.807, 2.05) is 0 Å². The topological polar surface area (TPSA) is 71.8 Å². The van der Waals surface area contributed by atoms with E-state index >= 15 is 0 Å². The molecule has 0 aromatic carbocycles.